The molecule has 3 fully saturated rings. The van der Waals surface area contributed by atoms with E-state index in [1.165, 1.54) is 37.2 Å². The van der Waals surface area contributed by atoms with Gasteiger partial charge in [0.1, 0.15) is 0 Å². The Morgan fingerprint density at radius 2 is 2.10 bits per heavy atom. The lowest BCUT2D eigenvalue weighted by Gasteiger charge is -2.24. The van der Waals surface area contributed by atoms with E-state index in [9.17, 15) is 0 Å². The minimum absolute atomic E-state index is 0.412. The van der Waals surface area contributed by atoms with Crippen molar-refractivity contribution in [2.45, 2.75) is 57.3 Å². The van der Waals surface area contributed by atoms with E-state index in [-0.39, 0.29) is 0 Å². The molecule has 3 heterocycles. The van der Waals surface area contributed by atoms with Crippen LogP contribution < -0.4 is 10.6 Å². The molecule has 3 unspecified atom stereocenters. The summed E-state index contributed by atoms with van der Waals surface area (Å²) in [6, 6.07) is 0.466. The van der Waals surface area contributed by atoms with Gasteiger partial charge >= 0.3 is 0 Å². The van der Waals surface area contributed by atoms with Crippen LogP contribution in [0.4, 0.5) is 0 Å². The summed E-state index contributed by atoms with van der Waals surface area (Å²) in [5.41, 5.74) is 0. The second-order valence-corrected chi connectivity index (χ2v) is 7.36. The third-order valence-electron chi connectivity index (χ3n) is 4.62. The average molecular weight is 297 g/mol. The molecule has 20 heavy (non-hydrogen) atoms. The summed E-state index contributed by atoms with van der Waals surface area (Å²) in [5, 5.41) is 6.98. The number of hydrogen-bond acceptors (Lipinski definition) is 3. The standard InChI is InChI=1S/C15H27N3OS/c1-2-16-15(17-10-11-5-7-20-8-6-11)18-13-9-12-3-4-14(13)19-12/h11-14H,2-10H2,1H3,(H2,16,17,18). The van der Waals surface area contributed by atoms with Crippen LogP contribution in [0.1, 0.15) is 39.0 Å². The minimum Gasteiger partial charge on any atom is -0.373 e. The monoisotopic (exact) mass is 297 g/mol. The number of nitrogens with one attached hydrogen (secondary N) is 2. The molecule has 0 aromatic heterocycles. The molecule has 0 aromatic carbocycles. The van der Waals surface area contributed by atoms with Gasteiger partial charge in [-0.1, -0.05) is 0 Å². The quantitative estimate of drug-likeness (QED) is 0.615. The molecular formula is C15H27N3OS. The van der Waals surface area contributed by atoms with Crippen molar-refractivity contribution in [2.75, 3.05) is 24.6 Å². The molecule has 0 aromatic rings. The number of thioether (sulfide) groups is 1. The normalized spacial score (nSPS) is 34.5. The Morgan fingerprint density at radius 3 is 2.75 bits per heavy atom. The third-order valence-corrected chi connectivity index (χ3v) is 5.67. The molecule has 2 N–H and O–H groups in total. The highest BCUT2D eigenvalue weighted by Gasteiger charge is 2.41. The van der Waals surface area contributed by atoms with Crippen molar-refractivity contribution in [3.05, 3.63) is 0 Å². The number of ether oxygens (including phenoxy) is 1. The average Bonchev–Trinajstić information content (AvgIpc) is 3.09. The van der Waals surface area contributed by atoms with Crippen molar-refractivity contribution in [1.82, 2.24) is 10.6 Å². The molecule has 3 saturated heterocycles. The van der Waals surface area contributed by atoms with Gasteiger partial charge in [-0.05, 0) is 56.5 Å². The Labute approximate surface area is 126 Å². The van der Waals surface area contributed by atoms with E-state index in [1.54, 1.807) is 0 Å². The molecule has 114 valence electrons. The fraction of sp³-hybridized carbons (Fsp3) is 0.933. The van der Waals surface area contributed by atoms with Crippen LogP contribution in [-0.2, 0) is 4.74 Å². The molecule has 0 radical (unpaired) electrons. The van der Waals surface area contributed by atoms with E-state index >= 15 is 0 Å². The zero-order valence-corrected chi connectivity index (χ0v) is 13.3. The summed E-state index contributed by atoms with van der Waals surface area (Å²) in [6.07, 6.45) is 7.16. The van der Waals surface area contributed by atoms with Crippen LogP contribution in [0.25, 0.3) is 0 Å². The Hall–Kier alpha value is -0.420. The highest BCUT2D eigenvalue weighted by molar-refractivity contribution is 7.99. The van der Waals surface area contributed by atoms with Gasteiger partial charge in [0.25, 0.3) is 0 Å². The summed E-state index contributed by atoms with van der Waals surface area (Å²) >= 11 is 2.08. The molecule has 3 atom stereocenters. The number of hydrogen-bond donors (Lipinski definition) is 2. The summed E-state index contributed by atoms with van der Waals surface area (Å²) < 4.78 is 5.91. The Balaban J connectivity index is 1.51. The van der Waals surface area contributed by atoms with Crippen molar-refractivity contribution in [2.24, 2.45) is 10.9 Å². The van der Waals surface area contributed by atoms with Crippen LogP contribution in [0, 0.1) is 5.92 Å². The molecule has 4 nitrogen and oxygen atoms in total. The van der Waals surface area contributed by atoms with E-state index < -0.39 is 0 Å². The summed E-state index contributed by atoms with van der Waals surface area (Å²) in [5.74, 6) is 4.39. The lowest BCUT2D eigenvalue weighted by atomic mass is 9.96. The van der Waals surface area contributed by atoms with Crippen molar-refractivity contribution in [1.29, 1.82) is 0 Å². The number of fused-ring (bicyclic) bond motifs is 2. The second-order valence-electron chi connectivity index (χ2n) is 6.14. The largest absolute Gasteiger partial charge is 0.373 e. The van der Waals surface area contributed by atoms with E-state index in [0.717, 1.165) is 31.4 Å². The summed E-state index contributed by atoms with van der Waals surface area (Å²) in [7, 11) is 0. The first kappa shape index (κ1) is 14.5. The molecule has 0 saturated carbocycles. The maximum absolute atomic E-state index is 5.91. The van der Waals surface area contributed by atoms with Gasteiger partial charge in [0.2, 0.25) is 0 Å². The van der Waals surface area contributed by atoms with Crippen LogP contribution in [0.3, 0.4) is 0 Å². The highest BCUT2D eigenvalue weighted by Crippen LogP contribution is 2.34. The lowest BCUT2D eigenvalue weighted by Crippen LogP contribution is -2.47. The van der Waals surface area contributed by atoms with Crippen LogP contribution in [-0.4, -0.2) is 48.8 Å². The van der Waals surface area contributed by atoms with Crippen molar-refractivity contribution in [3.63, 3.8) is 0 Å². The topological polar surface area (TPSA) is 45.7 Å². The van der Waals surface area contributed by atoms with Gasteiger partial charge in [0.15, 0.2) is 5.96 Å². The van der Waals surface area contributed by atoms with Crippen LogP contribution in [0.5, 0.6) is 0 Å². The smallest absolute Gasteiger partial charge is 0.191 e. The molecule has 0 amide bonds. The number of guanidine groups is 1. The SMILES string of the molecule is CCNC(=NCC1CCSCC1)NC1CC2CCC1O2. The highest BCUT2D eigenvalue weighted by atomic mass is 32.2. The lowest BCUT2D eigenvalue weighted by molar-refractivity contribution is 0.0992. The van der Waals surface area contributed by atoms with Crippen LogP contribution >= 0.6 is 11.8 Å². The van der Waals surface area contributed by atoms with E-state index in [1.807, 2.05) is 0 Å². The minimum atomic E-state index is 0.412. The van der Waals surface area contributed by atoms with Gasteiger partial charge < -0.3 is 15.4 Å². The molecule has 0 spiro atoms. The first-order valence-corrected chi connectivity index (χ1v) is 9.28. The molecule has 2 bridgehead atoms. The molecule has 3 aliphatic rings. The molecule has 3 aliphatic heterocycles. The van der Waals surface area contributed by atoms with Gasteiger partial charge in [-0.25, -0.2) is 0 Å². The summed E-state index contributed by atoms with van der Waals surface area (Å²) in [6.45, 7) is 4.03. The summed E-state index contributed by atoms with van der Waals surface area (Å²) in [4.78, 5) is 4.81. The predicted octanol–water partition coefficient (Wildman–Crippen LogP) is 2.00. The van der Waals surface area contributed by atoms with Gasteiger partial charge in [0, 0.05) is 13.1 Å². The predicted molar refractivity (Wildman–Crippen MR) is 85.5 cm³/mol. The maximum atomic E-state index is 5.91. The van der Waals surface area contributed by atoms with Crippen molar-refractivity contribution < 1.29 is 4.74 Å². The first-order chi connectivity index (χ1) is 9.85. The Bertz CT molecular complexity index is 344. The fourth-order valence-electron chi connectivity index (χ4n) is 3.43. The zero-order valence-electron chi connectivity index (χ0n) is 12.4. The number of aliphatic imine (C=N–C) groups is 1. The molecular weight excluding hydrogens is 270 g/mol. The van der Waals surface area contributed by atoms with Gasteiger partial charge in [0.05, 0.1) is 18.2 Å². The third kappa shape index (κ3) is 3.61. The fourth-order valence-corrected chi connectivity index (χ4v) is 4.64. The van der Waals surface area contributed by atoms with Gasteiger partial charge in [-0.2, -0.15) is 11.8 Å². The molecule has 0 aliphatic carbocycles. The maximum Gasteiger partial charge on any atom is 0.191 e. The van der Waals surface area contributed by atoms with E-state index in [0.29, 0.717) is 18.2 Å². The second kappa shape index (κ2) is 7.03. The number of nitrogens with zero attached hydrogens (tertiary/aromatic N) is 1. The Morgan fingerprint density at radius 1 is 1.25 bits per heavy atom. The molecule has 5 heteroatoms. The number of rotatable bonds is 4. The van der Waals surface area contributed by atoms with Gasteiger partial charge in [-0.15, -0.1) is 0 Å². The zero-order chi connectivity index (χ0) is 13.8. The van der Waals surface area contributed by atoms with E-state index in [4.69, 9.17) is 9.73 Å². The molecule has 3 rings (SSSR count). The Kier molecular flexibility index (Phi) is 5.10. The van der Waals surface area contributed by atoms with Gasteiger partial charge in [-0.3, -0.25) is 4.99 Å². The van der Waals surface area contributed by atoms with E-state index in [2.05, 4.69) is 29.3 Å². The van der Waals surface area contributed by atoms with Crippen LogP contribution in [0.2, 0.25) is 0 Å². The van der Waals surface area contributed by atoms with Crippen molar-refractivity contribution >= 4 is 17.7 Å². The van der Waals surface area contributed by atoms with Crippen LogP contribution in [0.15, 0.2) is 4.99 Å². The van der Waals surface area contributed by atoms with Crippen molar-refractivity contribution in [3.8, 4) is 0 Å². The first-order valence-electron chi connectivity index (χ1n) is 8.13.